The number of sulfonamides is 1. The van der Waals surface area contributed by atoms with Gasteiger partial charge in [0, 0.05) is 32.3 Å². The van der Waals surface area contributed by atoms with Crippen LogP contribution in [-0.4, -0.2) is 69.6 Å². The highest BCUT2D eigenvalue weighted by atomic mass is 32.2. The normalized spacial score (nSPS) is 21.6. The fourth-order valence-electron chi connectivity index (χ4n) is 3.22. The van der Waals surface area contributed by atoms with Crippen molar-refractivity contribution >= 4 is 27.7 Å². The van der Waals surface area contributed by atoms with E-state index in [0.29, 0.717) is 18.7 Å². The summed E-state index contributed by atoms with van der Waals surface area (Å²) in [5.41, 5.74) is 1.58. The van der Waals surface area contributed by atoms with Crippen molar-refractivity contribution in [2.45, 2.75) is 12.8 Å². The summed E-state index contributed by atoms with van der Waals surface area (Å²) in [4.78, 5) is 16.4. The van der Waals surface area contributed by atoms with Gasteiger partial charge >= 0.3 is 0 Å². The zero-order valence-corrected chi connectivity index (χ0v) is 15.4. The Morgan fingerprint density at radius 1 is 1.00 bits per heavy atom. The predicted molar refractivity (Wildman–Crippen MR) is 99.9 cm³/mol. The Labute approximate surface area is 149 Å². The van der Waals surface area contributed by atoms with Gasteiger partial charge in [-0.05, 0) is 50.2 Å². The van der Waals surface area contributed by atoms with E-state index in [1.165, 1.54) is 4.31 Å². The maximum absolute atomic E-state index is 12.3. The van der Waals surface area contributed by atoms with Gasteiger partial charge in [0.1, 0.15) is 0 Å². The molecule has 0 aromatic heterocycles. The summed E-state index contributed by atoms with van der Waals surface area (Å²) in [5.74, 6) is 0.246. The molecule has 0 atom stereocenters. The summed E-state index contributed by atoms with van der Waals surface area (Å²) < 4.78 is 25.4. The van der Waals surface area contributed by atoms with Crippen molar-refractivity contribution in [3.8, 4) is 0 Å². The summed E-state index contributed by atoms with van der Waals surface area (Å²) in [6, 6.07) is 7.30. The van der Waals surface area contributed by atoms with Gasteiger partial charge in [0.25, 0.3) is 0 Å². The van der Waals surface area contributed by atoms with Crippen LogP contribution in [0.2, 0.25) is 0 Å². The van der Waals surface area contributed by atoms with Gasteiger partial charge in [-0.1, -0.05) is 12.1 Å². The Kier molecular flexibility index (Phi) is 5.44. The highest BCUT2D eigenvalue weighted by Gasteiger charge is 2.28. The van der Waals surface area contributed by atoms with Crippen LogP contribution in [0.1, 0.15) is 18.4 Å². The Hall–Kier alpha value is -1.86. The second kappa shape index (κ2) is 7.58. The fourth-order valence-corrected chi connectivity index (χ4v) is 4.79. The van der Waals surface area contributed by atoms with E-state index in [4.69, 9.17) is 0 Å². The third-order valence-electron chi connectivity index (χ3n) is 4.73. The average Bonchev–Trinajstić information content (AvgIpc) is 2.80. The van der Waals surface area contributed by atoms with E-state index in [2.05, 4.69) is 11.9 Å². The van der Waals surface area contributed by atoms with Gasteiger partial charge in [-0.2, -0.15) is 0 Å². The van der Waals surface area contributed by atoms with Gasteiger partial charge in [0.05, 0.1) is 11.4 Å². The second-order valence-electron chi connectivity index (χ2n) is 6.65. The molecule has 0 bridgehead atoms. The van der Waals surface area contributed by atoms with Gasteiger partial charge in [-0.3, -0.25) is 9.10 Å². The summed E-state index contributed by atoms with van der Waals surface area (Å²) in [7, 11) is -1.08. The minimum atomic E-state index is -3.15. The van der Waals surface area contributed by atoms with Gasteiger partial charge in [-0.15, -0.1) is 0 Å². The van der Waals surface area contributed by atoms with E-state index >= 15 is 0 Å². The quantitative estimate of drug-likeness (QED) is 0.762. The molecule has 2 fully saturated rings. The first-order chi connectivity index (χ1) is 12.0. The molecule has 1 aromatic carbocycles. The SMILES string of the molecule is CN1CCCN(C(=O)/C=C/c2ccc(N3CCCS3(=O)=O)cc2)CC1. The Morgan fingerprint density at radius 2 is 1.76 bits per heavy atom. The lowest BCUT2D eigenvalue weighted by Crippen LogP contribution is -2.33. The van der Waals surface area contributed by atoms with Crippen molar-refractivity contribution < 1.29 is 13.2 Å². The fraction of sp³-hybridized carbons (Fsp3) is 0.500. The maximum Gasteiger partial charge on any atom is 0.246 e. The van der Waals surface area contributed by atoms with Crippen LogP contribution in [-0.2, 0) is 14.8 Å². The number of benzene rings is 1. The molecule has 6 nitrogen and oxygen atoms in total. The molecule has 136 valence electrons. The van der Waals surface area contributed by atoms with Crippen LogP contribution in [0.4, 0.5) is 5.69 Å². The van der Waals surface area contributed by atoms with Gasteiger partial charge in [0.15, 0.2) is 0 Å². The molecule has 2 aliphatic heterocycles. The average molecular weight is 363 g/mol. The number of likely N-dealkylation sites (N-methyl/N-ethyl adjacent to an activating group) is 1. The van der Waals surface area contributed by atoms with Gasteiger partial charge < -0.3 is 9.80 Å². The van der Waals surface area contributed by atoms with Gasteiger partial charge in [0.2, 0.25) is 15.9 Å². The first-order valence-corrected chi connectivity index (χ1v) is 10.3. The minimum Gasteiger partial charge on any atom is -0.338 e. The number of anilines is 1. The van der Waals surface area contributed by atoms with Crippen molar-refractivity contribution in [1.82, 2.24) is 9.80 Å². The standard InChI is InChI=1S/C18H25N3O3S/c1-19-10-2-11-20(14-13-19)18(22)9-6-16-4-7-17(8-5-16)21-12-3-15-25(21,23)24/h4-9H,2-3,10-15H2,1H3/b9-6+. The third kappa shape index (κ3) is 4.41. The van der Waals surface area contributed by atoms with Crippen LogP contribution >= 0.6 is 0 Å². The zero-order valence-electron chi connectivity index (χ0n) is 14.6. The highest BCUT2D eigenvalue weighted by Crippen LogP contribution is 2.24. The minimum absolute atomic E-state index is 0.0292. The number of hydrogen-bond donors (Lipinski definition) is 0. The molecule has 0 radical (unpaired) electrons. The van der Waals surface area contributed by atoms with Crippen LogP contribution < -0.4 is 4.31 Å². The summed E-state index contributed by atoms with van der Waals surface area (Å²) in [5, 5.41) is 0. The molecule has 1 amide bonds. The molecule has 2 saturated heterocycles. The molecule has 2 heterocycles. The summed E-state index contributed by atoms with van der Waals surface area (Å²) in [6.07, 6.45) is 5.06. The second-order valence-corrected chi connectivity index (χ2v) is 8.66. The molecule has 2 aliphatic rings. The van der Waals surface area contributed by atoms with Gasteiger partial charge in [-0.25, -0.2) is 8.42 Å². The topological polar surface area (TPSA) is 60.9 Å². The Morgan fingerprint density at radius 3 is 2.44 bits per heavy atom. The summed E-state index contributed by atoms with van der Waals surface area (Å²) in [6.45, 7) is 4.01. The number of nitrogens with zero attached hydrogens (tertiary/aromatic N) is 3. The largest absolute Gasteiger partial charge is 0.338 e. The van der Waals surface area contributed by atoms with Crippen molar-refractivity contribution in [1.29, 1.82) is 0 Å². The molecular formula is C18H25N3O3S. The lowest BCUT2D eigenvalue weighted by Gasteiger charge is -2.18. The number of hydrogen-bond acceptors (Lipinski definition) is 4. The molecule has 25 heavy (non-hydrogen) atoms. The zero-order chi connectivity index (χ0) is 17.9. The number of rotatable bonds is 3. The molecule has 7 heteroatoms. The van der Waals surface area contributed by atoms with E-state index in [9.17, 15) is 13.2 Å². The molecule has 0 saturated carbocycles. The van der Waals surface area contributed by atoms with Crippen molar-refractivity contribution in [2.24, 2.45) is 0 Å². The Bertz CT molecular complexity index is 743. The Balaban J connectivity index is 1.63. The molecule has 0 N–H and O–H groups in total. The van der Waals surface area contributed by atoms with E-state index in [0.717, 1.165) is 38.2 Å². The van der Waals surface area contributed by atoms with Crippen molar-refractivity contribution in [3.63, 3.8) is 0 Å². The van der Waals surface area contributed by atoms with E-state index < -0.39 is 10.0 Å². The number of carbonyl (C=O) groups is 1. The molecule has 0 aliphatic carbocycles. The molecule has 1 aromatic rings. The lowest BCUT2D eigenvalue weighted by atomic mass is 10.2. The number of amides is 1. The van der Waals surface area contributed by atoms with Crippen LogP contribution in [0.25, 0.3) is 6.08 Å². The van der Waals surface area contributed by atoms with E-state index in [-0.39, 0.29) is 11.7 Å². The highest BCUT2D eigenvalue weighted by molar-refractivity contribution is 7.93. The molecule has 0 unspecified atom stereocenters. The molecule has 3 rings (SSSR count). The molecular weight excluding hydrogens is 338 g/mol. The summed E-state index contributed by atoms with van der Waals surface area (Å²) >= 11 is 0. The first kappa shape index (κ1) is 17.9. The van der Waals surface area contributed by atoms with Crippen molar-refractivity contribution in [2.75, 3.05) is 49.8 Å². The smallest absolute Gasteiger partial charge is 0.246 e. The van der Waals surface area contributed by atoms with Crippen LogP contribution in [0.3, 0.4) is 0 Å². The van der Waals surface area contributed by atoms with E-state index in [1.807, 2.05) is 17.0 Å². The lowest BCUT2D eigenvalue weighted by molar-refractivity contribution is -0.125. The monoisotopic (exact) mass is 363 g/mol. The van der Waals surface area contributed by atoms with Crippen LogP contribution in [0.15, 0.2) is 30.3 Å². The van der Waals surface area contributed by atoms with Crippen LogP contribution in [0, 0.1) is 0 Å². The predicted octanol–water partition coefficient (Wildman–Crippen LogP) is 1.40. The maximum atomic E-state index is 12.3. The first-order valence-electron chi connectivity index (χ1n) is 8.72. The number of carbonyl (C=O) groups excluding carboxylic acids is 1. The molecule has 0 spiro atoms. The third-order valence-corrected chi connectivity index (χ3v) is 6.60. The van der Waals surface area contributed by atoms with Crippen LogP contribution in [0.5, 0.6) is 0 Å². The van der Waals surface area contributed by atoms with Crippen molar-refractivity contribution in [3.05, 3.63) is 35.9 Å². The van der Waals surface area contributed by atoms with E-state index in [1.54, 1.807) is 24.3 Å².